The van der Waals surface area contributed by atoms with Crippen LogP contribution in [0.1, 0.15) is 39.4 Å². The highest BCUT2D eigenvalue weighted by molar-refractivity contribution is 5.94. The van der Waals surface area contributed by atoms with Crippen LogP contribution in [0.25, 0.3) is 0 Å². The van der Waals surface area contributed by atoms with Gasteiger partial charge < -0.3 is 14.7 Å². The van der Waals surface area contributed by atoms with E-state index in [1.54, 1.807) is 18.9 Å². The molecule has 0 saturated carbocycles. The van der Waals surface area contributed by atoms with Crippen LogP contribution in [-0.4, -0.2) is 53.7 Å². The SMILES string of the molecule is Cc1nc(C(=O)N(C)CC2CCCOC2)ccc1C(=O)O. The molecule has 1 unspecified atom stereocenters. The molecular formula is C15H20N2O4. The standard InChI is InChI=1S/C15H20N2O4/c1-10-12(15(19)20)5-6-13(16-10)14(18)17(2)8-11-4-3-7-21-9-11/h5-6,11H,3-4,7-9H2,1-2H3,(H,19,20). The zero-order valence-corrected chi connectivity index (χ0v) is 12.3. The lowest BCUT2D eigenvalue weighted by molar-refractivity contribution is 0.0386. The maximum Gasteiger partial charge on any atom is 0.337 e. The number of ether oxygens (including phenoxy) is 1. The lowest BCUT2D eigenvalue weighted by atomic mass is 10.0. The minimum Gasteiger partial charge on any atom is -0.478 e. The number of carboxylic acid groups (broad SMARTS) is 1. The Morgan fingerprint density at radius 1 is 1.48 bits per heavy atom. The molecule has 2 heterocycles. The molecule has 1 saturated heterocycles. The Balaban J connectivity index is 2.04. The highest BCUT2D eigenvalue weighted by Gasteiger charge is 2.21. The van der Waals surface area contributed by atoms with Gasteiger partial charge in [0.1, 0.15) is 5.69 Å². The van der Waals surface area contributed by atoms with Gasteiger partial charge in [-0.1, -0.05) is 0 Å². The first-order chi connectivity index (χ1) is 9.99. The van der Waals surface area contributed by atoms with E-state index in [2.05, 4.69) is 4.98 Å². The van der Waals surface area contributed by atoms with Crippen molar-refractivity contribution in [3.05, 3.63) is 29.1 Å². The van der Waals surface area contributed by atoms with Crippen LogP contribution in [0.2, 0.25) is 0 Å². The number of hydrogen-bond donors (Lipinski definition) is 1. The van der Waals surface area contributed by atoms with Gasteiger partial charge >= 0.3 is 5.97 Å². The number of carbonyl (C=O) groups excluding carboxylic acids is 1. The van der Waals surface area contributed by atoms with Gasteiger partial charge in [0.2, 0.25) is 0 Å². The number of carbonyl (C=O) groups is 2. The molecule has 0 aromatic carbocycles. The van der Waals surface area contributed by atoms with E-state index in [0.717, 1.165) is 19.4 Å². The summed E-state index contributed by atoms with van der Waals surface area (Å²) in [6.45, 7) is 3.70. The first kappa shape index (κ1) is 15.4. The maximum absolute atomic E-state index is 12.3. The fourth-order valence-electron chi connectivity index (χ4n) is 2.52. The smallest absolute Gasteiger partial charge is 0.337 e. The van der Waals surface area contributed by atoms with Gasteiger partial charge in [0, 0.05) is 20.2 Å². The van der Waals surface area contributed by atoms with Gasteiger partial charge in [-0.3, -0.25) is 4.79 Å². The molecule has 6 nitrogen and oxygen atoms in total. The molecule has 0 aliphatic carbocycles. The van der Waals surface area contributed by atoms with Gasteiger partial charge in [-0.05, 0) is 37.8 Å². The molecule has 6 heteroatoms. The predicted octanol–water partition coefficient (Wildman–Crippen LogP) is 1.59. The predicted molar refractivity (Wildman–Crippen MR) is 76.4 cm³/mol. The van der Waals surface area contributed by atoms with Crippen molar-refractivity contribution in [2.24, 2.45) is 5.92 Å². The van der Waals surface area contributed by atoms with Crippen molar-refractivity contribution >= 4 is 11.9 Å². The Hall–Kier alpha value is -1.95. The van der Waals surface area contributed by atoms with E-state index in [0.29, 0.717) is 24.8 Å². The molecule has 0 spiro atoms. The fraction of sp³-hybridized carbons (Fsp3) is 0.533. The molecule has 1 aromatic rings. The molecule has 0 bridgehead atoms. The van der Waals surface area contributed by atoms with Gasteiger partial charge in [0.15, 0.2) is 0 Å². The lowest BCUT2D eigenvalue weighted by Gasteiger charge is -2.27. The van der Waals surface area contributed by atoms with Crippen LogP contribution in [0.5, 0.6) is 0 Å². The largest absolute Gasteiger partial charge is 0.478 e. The monoisotopic (exact) mass is 292 g/mol. The summed E-state index contributed by atoms with van der Waals surface area (Å²) in [7, 11) is 1.74. The molecule has 2 rings (SSSR count). The molecule has 1 aliphatic heterocycles. The molecular weight excluding hydrogens is 272 g/mol. The number of pyridine rings is 1. The summed E-state index contributed by atoms with van der Waals surface area (Å²) in [5.74, 6) is -0.876. The average molecular weight is 292 g/mol. The highest BCUT2D eigenvalue weighted by atomic mass is 16.5. The summed E-state index contributed by atoms with van der Waals surface area (Å²) in [6.07, 6.45) is 2.08. The number of aromatic carboxylic acids is 1. The van der Waals surface area contributed by atoms with Crippen molar-refractivity contribution in [2.45, 2.75) is 19.8 Å². The molecule has 1 atom stereocenters. The molecule has 1 aliphatic rings. The molecule has 1 fully saturated rings. The second-order valence-corrected chi connectivity index (χ2v) is 5.40. The summed E-state index contributed by atoms with van der Waals surface area (Å²) in [4.78, 5) is 29.0. The maximum atomic E-state index is 12.3. The molecule has 1 aromatic heterocycles. The number of aromatic nitrogens is 1. The normalized spacial score (nSPS) is 18.3. The number of rotatable bonds is 4. The van der Waals surface area contributed by atoms with Crippen LogP contribution in [0, 0.1) is 12.8 Å². The van der Waals surface area contributed by atoms with E-state index in [9.17, 15) is 9.59 Å². The van der Waals surface area contributed by atoms with Crippen LogP contribution >= 0.6 is 0 Å². The number of carboxylic acids is 1. The fourth-order valence-corrected chi connectivity index (χ4v) is 2.52. The van der Waals surface area contributed by atoms with E-state index < -0.39 is 5.97 Å². The first-order valence-corrected chi connectivity index (χ1v) is 7.03. The van der Waals surface area contributed by atoms with Crippen molar-refractivity contribution in [3.63, 3.8) is 0 Å². The second kappa shape index (κ2) is 6.67. The van der Waals surface area contributed by atoms with Crippen LogP contribution in [0.4, 0.5) is 0 Å². The van der Waals surface area contributed by atoms with E-state index >= 15 is 0 Å². The van der Waals surface area contributed by atoms with Crippen molar-refractivity contribution in [1.82, 2.24) is 9.88 Å². The van der Waals surface area contributed by atoms with Gasteiger partial charge in [0.05, 0.1) is 17.9 Å². The van der Waals surface area contributed by atoms with E-state index in [1.165, 1.54) is 12.1 Å². The third-order valence-corrected chi connectivity index (χ3v) is 3.67. The number of hydrogen-bond acceptors (Lipinski definition) is 4. The van der Waals surface area contributed by atoms with Gasteiger partial charge in [-0.25, -0.2) is 9.78 Å². The Morgan fingerprint density at radius 2 is 2.24 bits per heavy atom. The van der Waals surface area contributed by atoms with Gasteiger partial charge in [-0.2, -0.15) is 0 Å². The topological polar surface area (TPSA) is 79.7 Å². The molecule has 1 N–H and O–H groups in total. The van der Waals surface area contributed by atoms with Crippen molar-refractivity contribution in [2.75, 3.05) is 26.8 Å². The van der Waals surface area contributed by atoms with E-state index in [4.69, 9.17) is 9.84 Å². The second-order valence-electron chi connectivity index (χ2n) is 5.40. The third kappa shape index (κ3) is 3.78. The minimum atomic E-state index is -1.04. The number of nitrogens with zero attached hydrogens (tertiary/aromatic N) is 2. The molecule has 114 valence electrons. The summed E-state index contributed by atoms with van der Waals surface area (Å²) < 4.78 is 5.41. The number of amides is 1. The first-order valence-electron chi connectivity index (χ1n) is 7.03. The summed E-state index contributed by atoms with van der Waals surface area (Å²) in [5.41, 5.74) is 0.745. The van der Waals surface area contributed by atoms with Crippen molar-refractivity contribution in [3.8, 4) is 0 Å². The third-order valence-electron chi connectivity index (χ3n) is 3.67. The van der Waals surface area contributed by atoms with E-state index in [1.807, 2.05) is 0 Å². The van der Waals surface area contributed by atoms with Crippen molar-refractivity contribution in [1.29, 1.82) is 0 Å². The van der Waals surface area contributed by atoms with E-state index in [-0.39, 0.29) is 17.2 Å². The minimum absolute atomic E-state index is 0.120. The summed E-state index contributed by atoms with van der Waals surface area (Å²) in [5, 5.41) is 8.97. The highest BCUT2D eigenvalue weighted by Crippen LogP contribution is 2.16. The Kier molecular flexibility index (Phi) is 4.90. The van der Waals surface area contributed by atoms with Crippen LogP contribution in [-0.2, 0) is 4.74 Å². The van der Waals surface area contributed by atoms with Crippen LogP contribution < -0.4 is 0 Å². The number of aryl methyl sites for hydroxylation is 1. The van der Waals surface area contributed by atoms with Crippen LogP contribution in [0.3, 0.4) is 0 Å². The Bertz CT molecular complexity index is 538. The lowest BCUT2D eigenvalue weighted by Crippen LogP contribution is -2.35. The Morgan fingerprint density at radius 3 is 2.81 bits per heavy atom. The average Bonchev–Trinajstić information content (AvgIpc) is 2.47. The zero-order chi connectivity index (χ0) is 15.4. The zero-order valence-electron chi connectivity index (χ0n) is 12.3. The molecule has 0 radical (unpaired) electrons. The summed E-state index contributed by atoms with van der Waals surface area (Å²) >= 11 is 0. The van der Waals surface area contributed by atoms with Crippen LogP contribution in [0.15, 0.2) is 12.1 Å². The molecule has 1 amide bonds. The quantitative estimate of drug-likeness (QED) is 0.911. The molecule has 21 heavy (non-hydrogen) atoms. The summed E-state index contributed by atoms with van der Waals surface area (Å²) in [6, 6.07) is 2.89. The van der Waals surface area contributed by atoms with Gasteiger partial charge in [0.25, 0.3) is 5.91 Å². The Labute approximate surface area is 123 Å². The van der Waals surface area contributed by atoms with Crippen molar-refractivity contribution < 1.29 is 19.4 Å². The van der Waals surface area contributed by atoms with Gasteiger partial charge in [-0.15, -0.1) is 0 Å².